The summed E-state index contributed by atoms with van der Waals surface area (Å²) in [6, 6.07) is 2.42. The molecule has 1 atom stereocenters. The maximum Gasteiger partial charge on any atom is 0.320 e. The number of carbonyl (C=O) groups is 1. The topological polar surface area (TPSA) is 63.3 Å². The Hall–Kier alpha value is -1.49. The Morgan fingerprint density at radius 3 is 2.69 bits per heavy atom. The van der Waals surface area contributed by atoms with Crippen molar-refractivity contribution < 1.29 is 18.7 Å². The van der Waals surface area contributed by atoms with Crippen molar-refractivity contribution >= 4 is 5.97 Å². The van der Waals surface area contributed by atoms with Gasteiger partial charge in [-0.3, -0.25) is 4.79 Å². The molecule has 0 aliphatic rings. The third-order valence-corrected chi connectivity index (χ3v) is 2.29. The Balaban J connectivity index is 2.46. The molecule has 5 heteroatoms. The first-order chi connectivity index (χ1) is 7.50. The van der Waals surface area contributed by atoms with Crippen LogP contribution in [-0.2, 0) is 11.2 Å². The average molecular weight is 229 g/mol. The van der Waals surface area contributed by atoms with E-state index >= 15 is 0 Å². The van der Waals surface area contributed by atoms with Crippen LogP contribution in [0.4, 0.5) is 8.78 Å². The SMILES string of the molecule is N[C@@H](CCCc1ccc(F)cc1F)C(=O)O. The quantitative estimate of drug-likeness (QED) is 0.807. The first kappa shape index (κ1) is 12.6. The molecule has 0 saturated carbocycles. The number of hydrogen-bond acceptors (Lipinski definition) is 2. The summed E-state index contributed by atoms with van der Waals surface area (Å²) in [6.45, 7) is 0. The van der Waals surface area contributed by atoms with Crippen LogP contribution >= 0.6 is 0 Å². The van der Waals surface area contributed by atoms with Gasteiger partial charge in [-0.15, -0.1) is 0 Å². The molecule has 1 aromatic rings. The molecule has 16 heavy (non-hydrogen) atoms. The molecule has 0 fully saturated rings. The van der Waals surface area contributed by atoms with Crippen molar-refractivity contribution in [2.75, 3.05) is 0 Å². The third-order valence-electron chi connectivity index (χ3n) is 2.29. The highest BCUT2D eigenvalue weighted by Crippen LogP contribution is 2.12. The van der Waals surface area contributed by atoms with E-state index in [9.17, 15) is 13.6 Å². The molecule has 0 amide bonds. The molecule has 1 aromatic carbocycles. The van der Waals surface area contributed by atoms with Gasteiger partial charge in [-0.1, -0.05) is 6.07 Å². The number of aliphatic carboxylic acids is 1. The molecule has 0 aliphatic heterocycles. The zero-order valence-electron chi connectivity index (χ0n) is 8.62. The van der Waals surface area contributed by atoms with Crippen molar-refractivity contribution in [1.29, 1.82) is 0 Å². The molecule has 0 radical (unpaired) electrons. The van der Waals surface area contributed by atoms with Crippen LogP contribution in [0.3, 0.4) is 0 Å². The first-order valence-corrected chi connectivity index (χ1v) is 4.93. The maximum absolute atomic E-state index is 13.1. The highest BCUT2D eigenvalue weighted by Gasteiger charge is 2.11. The van der Waals surface area contributed by atoms with Crippen LogP contribution in [-0.4, -0.2) is 17.1 Å². The van der Waals surface area contributed by atoms with Crippen molar-refractivity contribution in [3.63, 3.8) is 0 Å². The predicted molar refractivity (Wildman–Crippen MR) is 54.9 cm³/mol. The Morgan fingerprint density at radius 1 is 1.44 bits per heavy atom. The summed E-state index contributed by atoms with van der Waals surface area (Å²) in [5, 5.41) is 8.52. The largest absolute Gasteiger partial charge is 0.480 e. The Kier molecular flexibility index (Phi) is 4.37. The van der Waals surface area contributed by atoms with E-state index in [-0.39, 0.29) is 6.42 Å². The summed E-state index contributed by atoms with van der Waals surface area (Å²) in [7, 11) is 0. The van der Waals surface area contributed by atoms with Gasteiger partial charge in [0.2, 0.25) is 0 Å². The molecule has 0 bridgehead atoms. The maximum atomic E-state index is 13.1. The number of benzene rings is 1. The van der Waals surface area contributed by atoms with Gasteiger partial charge in [0, 0.05) is 6.07 Å². The van der Waals surface area contributed by atoms with Gasteiger partial charge >= 0.3 is 5.97 Å². The first-order valence-electron chi connectivity index (χ1n) is 4.93. The van der Waals surface area contributed by atoms with Crippen LogP contribution in [0, 0.1) is 11.6 Å². The van der Waals surface area contributed by atoms with E-state index in [0.29, 0.717) is 18.4 Å². The van der Waals surface area contributed by atoms with Crippen LogP contribution in [0.1, 0.15) is 18.4 Å². The van der Waals surface area contributed by atoms with Crippen LogP contribution in [0.2, 0.25) is 0 Å². The van der Waals surface area contributed by atoms with Crippen molar-refractivity contribution in [2.24, 2.45) is 5.73 Å². The summed E-state index contributed by atoms with van der Waals surface area (Å²) in [5.74, 6) is -2.30. The van der Waals surface area contributed by atoms with Crippen molar-refractivity contribution in [2.45, 2.75) is 25.3 Å². The van der Waals surface area contributed by atoms with E-state index in [4.69, 9.17) is 10.8 Å². The van der Waals surface area contributed by atoms with E-state index in [1.807, 2.05) is 0 Å². The molecule has 3 N–H and O–H groups in total. The van der Waals surface area contributed by atoms with Crippen molar-refractivity contribution in [3.8, 4) is 0 Å². The Labute approximate surface area is 91.9 Å². The molecule has 3 nitrogen and oxygen atoms in total. The van der Waals surface area contributed by atoms with Gasteiger partial charge in [0.15, 0.2) is 0 Å². The summed E-state index contributed by atoms with van der Waals surface area (Å²) in [6.07, 6.45) is 1.08. The van der Waals surface area contributed by atoms with Crippen molar-refractivity contribution in [3.05, 3.63) is 35.4 Å². The smallest absolute Gasteiger partial charge is 0.320 e. The molecular weight excluding hydrogens is 216 g/mol. The standard InChI is InChI=1S/C11H13F2NO2/c12-8-5-4-7(9(13)6-8)2-1-3-10(14)11(15)16/h4-6,10H,1-3,14H2,(H,15,16)/t10-/m0/s1. The van der Waals surface area contributed by atoms with Gasteiger partial charge < -0.3 is 10.8 Å². The van der Waals surface area contributed by atoms with Gasteiger partial charge in [-0.25, -0.2) is 8.78 Å². The van der Waals surface area contributed by atoms with E-state index in [1.165, 1.54) is 12.1 Å². The zero-order valence-corrected chi connectivity index (χ0v) is 8.62. The predicted octanol–water partition coefficient (Wildman–Crippen LogP) is 1.70. The van der Waals surface area contributed by atoms with Gasteiger partial charge in [-0.05, 0) is 30.9 Å². The summed E-state index contributed by atoms with van der Waals surface area (Å²) >= 11 is 0. The monoisotopic (exact) mass is 229 g/mol. The molecule has 0 spiro atoms. The average Bonchev–Trinajstić information content (AvgIpc) is 2.20. The zero-order chi connectivity index (χ0) is 12.1. The highest BCUT2D eigenvalue weighted by atomic mass is 19.1. The summed E-state index contributed by atoms with van der Waals surface area (Å²) < 4.78 is 25.7. The fourth-order valence-electron chi connectivity index (χ4n) is 1.36. The van der Waals surface area contributed by atoms with Gasteiger partial charge in [0.05, 0.1) is 0 Å². The molecule has 0 saturated heterocycles. The molecule has 88 valence electrons. The number of hydrogen-bond donors (Lipinski definition) is 2. The summed E-state index contributed by atoms with van der Waals surface area (Å²) in [5.41, 5.74) is 5.66. The lowest BCUT2D eigenvalue weighted by atomic mass is 10.0. The van der Waals surface area contributed by atoms with Crippen LogP contribution in [0.15, 0.2) is 18.2 Å². The minimum Gasteiger partial charge on any atom is -0.480 e. The lowest BCUT2D eigenvalue weighted by Gasteiger charge is -2.06. The Morgan fingerprint density at radius 2 is 2.12 bits per heavy atom. The number of carboxylic acid groups (broad SMARTS) is 1. The van der Waals surface area contributed by atoms with Crippen LogP contribution in [0.25, 0.3) is 0 Å². The number of rotatable bonds is 5. The second kappa shape index (κ2) is 5.55. The summed E-state index contributed by atoms with van der Waals surface area (Å²) in [4.78, 5) is 10.4. The number of aryl methyl sites for hydroxylation is 1. The molecule has 0 aromatic heterocycles. The third kappa shape index (κ3) is 3.58. The van der Waals surface area contributed by atoms with E-state index in [0.717, 1.165) is 6.07 Å². The molecule has 0 unspecified atom stereocenters. The lowest BCUT2D eigenvalue weighted by Crippen LogP contribution is -2.29. The van der Waals surface area contributed by atoms with Crippen molar-refractivity contribution in [1.82, 2.24) is 0 Å². The fourth-order valence-corrected chi connectivity index (χ4v) is 1.36. The molecule has 1 rings (SSSR count). The second-order valence-corrected chi connectivity index (χ2v) is 3.57. The normalized spacial score (nSPS) is 12.4. The van der Waals surface area contributed by atoms with Crippen LogP contribution < -0.4 is 5.73 Å². The highest BCUT2D eigenvalue weighted by molar-refractivity contribution is 5.72. The molecule has 0 heterocycles. The molecular formula is C11H13F2NO2. The lowest BCUT2D eigenvalue weighted by molar-refractivity contribution is -0.138. The fraction of sp³-hybridized carbons (Fsp3) is 0.364. The second-order valence-electron chi connectivity index (χ2n) is 3.57. The van der Waals surface area contributed by atoms with E-state index in [1.54, 1.807) is 0 Å². The van der Waals surface area contributed by atoms with Gasteiger partial charge in [-0.2, -0.15) is 0 Å². The Bertz CT molecular complexity index is 382. The number of nitrogens with two attached hydrogens (primary N) is 1. The minimum atomic E-state index is -1.07. The number of halogens is 2. The van der Waals surface area contributed by atoms with E-state index in [2.05, 4.69) is 0 Å². The number of carboxylic acids is 1. The van der Waals surface area contributed by atoms with Crippen LogP contribution in [0.5, 0.6) is 0 Å². The van der Waals surface area contributed by atoms with E-state index < -0.39 is 23.6 Å². The van der Waals surface area contributed by atoms with Gasteiger partial charge in [0.25, 0.3) is 0 Å². The minimum absolute atomic E-state index is 0.270. The molecule has 0 aliphatic carbocycles. The van der Waals surface area contributed by atoms with Gasteiger partial charge in [0.1, 0.15) is 17.7 Å².